The van der Waals surface area contributed by atoms with Crippen molar-refractivity contribution >= 4 is 11.6 Å². The number of halogens is 1. The second-order valence-corrected chi connectivity index (χ2v) is 7.41. The summed E-state index contributed by atoms with van der Waals surface area (Å²) in [5.74, 6) is 0.0964. The summed E-state index contributed by atoms with van der Waals surface area (Å²) in [5.41, 5.74) is 1.56. The van der Waals surface area contributed by atoms with Crippen LogP contribution in [0.2, 0.25) is 0 Å². The molecule has 0 radical (unpaired) electrons. The van der Waals surface area contributed by atoms with Gasteiger partial charge in [0.1, 0.15) is 11.9 Å². The molecule has 1 aliphatic rings. The Bertz CT molecular complexity index is 906. The van der Waals surface area contributed by atoms with Gasteiger partial charge in [0.25, 0.3) is 0 Å². The number of anilines is 1. The minimum absolute atomic E-state index is 0.0995. The van der Waals surface area contributed by atoms with E-state index in [4.69, 9.17) is 0 Å². The Kier molecular flexibility index (Phi) is 5.95. The van der Waals surface area contributed by atoms with E-state index in [1.54, 1.807) is 18.3 Å². The van der Waals surface area contributed by atoms with Gasteiger partial charge >= 0.3 is 0 Å². The summed E-state index contributed by atoms with van der Waals surface area (Å²) >= 11 is 0. The Morgan fingerprint density at radius 1 is 1.10 bits per heavy atom. The SMILES string of the molecule is O=C(Nc1ccc(F)cc1)[C@@H](c1ccccc1)N1CCC(Cn2ccnn2)CC1. The number of carbonyl (C=O) groups excluding carboxylic acids is 1. The minimum atomic E-state index is -0.381. The van der Waals surface area contributed by atoms with Gasteiger partial charge in [0.05, 0.1) is 6.20 Å². The second kappa shape index (κ2) is 8.96. The number of carbonyl (C=O) groups is 1. The van der Waals surface area contributed by atoms with Crippen LogP contribution in [-0.4, -0.2) is 38.9 Å². The van der Waals surface area contributed by atoms with Crippen LogP contribution in [0.25, 0.3) is 0 Å². The first-order valence-electron chi connectivity index (χ1n) is 9.88. The summed E-state index contributed by atoms with van der Waals surface area (Å²) < 4.78 is 15.1. The lowest BCUT2D eigenvalue weighted by Crippen LogP contribution is -2.42. The van der Waals surface area contributed by atoms with E-state index in [9.17, 15) is 9.18 Å². The molecular weight excluding hydrogens is 369 g/mol. The molecule has 6 nitrogen and oxygen atoms in total. The summed E-state index contributed by atoms with van der Waals surface area (Å²) in [4.78, 5) is 15.4. The van der Waals surface area contributed by atoms with Crippen molar-refractivity contribution in [2.45, 2.75) is 25.4 Å². The van der Waals surface area contributed by atoms with Gasteiger partial charge in [-0.2, -0.15) is 0 Å². The van der Waals surface area contributed by atoms with Crippen molar-refractivity contribution in [3.05, 3.63) is 78.4 Å². The molecule has 7 heteroatoms. The van der Waals surface area contributed by atoms with Crippen LogP contribution in [0.1, 0.15) is 24.4 Å². The molecule has 3 aromatic rings. The van der Waals surface area contributed by atoms with E-state index in [1.807, 2.05) is 41.2 Å². The maximum atomic E-state index is 13.2. The summed E-state index contributed by atoms with van der Waals surface area (Å²) in [6, 6.07) is 15.3. The molecule has 0 unspecified atom stereocenters. The van der Waals surface area contributed by atoms with Gasteiger partial charge in [0, 0.05) is 18.4 Å². The Morgan fingerprint density at radius 3 is 2.48 bits per heavy atom. The van der Waals surface area contributed by atoms with Gasteiger partial charge in [0.15, 0.2) is 0 Å². The molecule has 1 atom stereocenters. The molecule has 0 spiro atoms. The average molecular weight is 393 g/mol. The maximum absolute atomic E-state index is 13.2. The van der Waals surface area contributed by atoms with Crippen molar-refractivity contribution in [3.63, 3.8) is 0 Å². The average Bonchev–Trinajstić information content (AvgIpc) is 3.25. The summed E-state index contributed by atoms with van der Waals surface area (Å²) in [5, 5.41) is 10.9. The summed E-state index contributed by atoms with van der Waals surface area (Å²) in [6.45, 7) is 2.51. The standard InChI is InChI=1S/C22H24FN5O/c23-19-6-8-20(9-7-19)25-22(29)21(18-4-2-1-3-5-18)27-13-10-17(11-14-27)16-28-15-12-24-26-28/h1-9,12,15,17,21H,10-11,13-14,16H2,(H,25,29)/t21-/m1/s1. The van der Waals surface area contributed by atoms with Crippen LogP contribution in [0.5, 0.6) is 0 Å². The molecule has 1 amide bonds. The van der Waals surface area contributed by atoms with Crippen LogP contribution in [0, 0.1) is 11.7 Å². The zero-order valence-electron chi connectivity index (χ0n) is 16.1. The number of hydrogen-bond donors (Lipinski definition) is 1. The smallest absolute Gasteiger partial charge is 0.246 e. The third-order valence-corrected chi connectivity index (χ3v) is 5.41. The molecule has 1 saturated heterocycles. The highest BCUT2D eigenvalue weighted by Gasteiger charge is 2.31. The second-order valence-electron chi connectivity index (χ2n) is 7.41. The number of nitrogens with zero attached hydrogens (tertiary/aromatic N) is 4. The van der Waals surface area contributed by atoms with Crippen LogP contribution in [0.15, 0.2) is 67.0 Å². The number of rotatable bonds is 6. The number of likely N-dealkylation sites (tertiary alicyclic amines) is 1. The molecule has 1 N–H and O–H groups in total. The first-order chi connectivity index (χ1) is 14.2. The van der Waals surface area contributed by atoms with E-state index in [0.717, 1.165) is 38.0 Å². The number of aromatic nitrogens is 3. The van der Waals surface area contributed by atoms with Gasteiger partial charge in [-0.05, 0) is 61.7 Å². The molecule has 1 aromatic heterocycles. The Labute approximate surface area is 169 Å². The van der Waals surface area contributed by atoms with Crippen molar-refractivity contribution in [1.82, 2.24) is 19.9 Å². The molecule has 4 rings (SSSR count). The van der Waals surface area contributed by atoms with Crippen molar-refractivity contribution in [2.24, 2.45) is 5.92 Å². The van der Waals surface area contributed by atoms with E-state index in [2.05, 4.69) is 20.5 Å². The first kappa shape index (κ1) is 19.3. The van der Waals surface area contributed by atoms with Crippen LogP contribution in [0.4, 0.5) is 10.1 Å². The number of amides is 1. The molecule has 150 valence electrons. The molecule has 2 heterocycles. The Hall–Kier alpha value is -3.06. The van der Waals surface area contributed by atoms with Gasteiger partial charge < -0.3 is 5.32 Å². The molecule has 0 saturated carbocycles. The molecular formula is C22H24FN5O. The van der Waals surface area contributed by atoms with E-state index in [-0.39, 0.29) is 17.8 Å². The van der Waals surface area contributed by atoms with Gasteiger partial charge in [-0.1, -0.05) is 35.5 Å². The monoisotopic (exact) mass is 393 g/mol. The van der Waals surface area contributed by atoms with Crippen molar-refractivity contribution in [3.8, 4) is 0 Å². The van der Waals surface area contributed by atoms with Crippen molar-refractivity contribution in [1.29, 1.82) is 0 Å². The zero-order valence-corrected chi connectivity index (χ0v) is 16.1. The molecule has 1 aliphatic heterocycles. The molecule has 0 bridgehead atoms. The van der Waals surface area contributed by atoms with E-state index in [1.165, 1.54) is 12.1 Å². The molecule has 29 heavy (non-hydrogen) atoms. The van der Waals surface area contributed by atoms with E-state index < -0.39 is 0 Å². The lowest BCUT2D eigenvalue weighted by Gasteiger charge is -2.37. The normalized spacial score (nSPS) is 16.4. The van der Waals surface area contributed by atoms with Gasteiger partial charge in [-0.3, -0.25) is 14.4 Å². The maximum Gasteiger partial charge on any atom is 0.246 e. The topological polar surface area (TPSA) is 63.1 Å². The van der Waals surface area contributed by atoms with Crippen LogP contribution < -0.4 is 5.32 Å². The van der Waals surface area contributed by atoms with Crippen molar-refractivity contribution in [2.75, 3.05) is 18.4 Å². The molecule has 0 aliphatic carbocycles. The largest absolute Gasteiger partial charge is 0.324 e. The van der Waals surface area contributed by atoms with Gasteiger partial charge in [-0.15, -0.1) is 5.10 Å². The summed E-state index contributed by atoms with van der Waals surface area (Å²) in [6.07, 6.45) is 5.57. The minimum Gasteiger partial charge on any atom is -0.324 e. The van der Waals surface area contributed by atoms with Crippen LogP contribution in [0.3, 0.4) is 0 Å². The van der Waals surface area contributed by atoms with Gasteiger partial charge in [-0.25, -0.2) is 4.39 Å². The highest BCUT2D eigenvalue weighted by Crippen LogP contribution is 2.29. The van der Waals surface area contributed by atoms with Gasteiger partial charge in [0.2, 0.25) is 5.91 Å². The number of benzene rings is 2. The fraction of sp³-hybridized carbons (Fsp3) is 0.318. The highest BCUT2D eigenvalue weighted by molar-refractivity contribution is 5.95. The lowest BCUT2D eigenvalue weighted by molar-refractivity contribution is -0.122. The number of nitrogens with one attached hydrogen (secondary N) is 1. The predicted octanol–water partition coefficient (Wildman–Crippen LogP) is 3.51. The third-order valence-electron chi connectivity index (χ3n) is 5.41. The first-order valence-corrected chi connectivity index (χ1v) is 9.88. The van der Waals surface area contributed by atoms with E-state index in [0.29, 0.717) is 11.6 Å². The number of hydrogen-bond acceptors (Lipinski definition) is 4. The van der Waals surface area contributed by atoms with E-state index >= 15 is 0 Å². The van der Waals surface area contributed by atoms with Crippen molar-refractivity contribution < 1.29 is 9.18 Å². The zero-order chi connectivity index (χ0) is 20.1. The quantitative estimate of drug-likeness (QED) is 0.696. The molecule has 1 fully saturated rings. The Balaban J connectivity index is 1.46. The van der Waals surface area contributed by atoms with Crippen LogP contribution in [-0.2, 0) is 11.3 Å². The molecule has 2 aromatic carbocycles. The predicted molar refractivity (Wildman–Crippen MR) is 109 cm³/mol. The lowest BCUT2D eigenvalue weighted by atomic mass is 9.93. The Morgan fingerprint density at radius 2 is 1.83 bits per heavy atom. The summed E-state index contributed by atoms with van der Waals surface area (Å²) in [7, 11) is 0. The fourth-order valence-electron chi connectivity index (χ4n) is 3.90. The third kappa shape index (κ3) is 4.86. The fourth-order valence-corrected chi connectivity index (χ4v) is 3.90. The number of piperidine rings is 1. The van der Waals surface area contributed by atoms with Crippen LogP contribution >= 0.6 is 0 Å². The highest BCUT2D eigenvalue weighted by atomic mass is 19.1.